The van der Waals surface area contributed by atoms with Crippen LogP contribution in [0.3, 0.4) is 0 Å². The van der Waals surface area contributed by atoms with Crippen LogP contribution in [-0.4, -0.2) is 93.4 Å². The van der Waals surface area contributed by atoms with Crippen LogP contribution in [0.25, 0.3) is 33.3 Å². The lowest BCUT2D eigenvalue weighted by Gasteiger charge is -2.35. The summed E-state index contributed by atoms with van der Waals surface area (Å²) >= 11 is 0. The molecule has 69 heavy (non-hydrogen) atoms. The van der Waals surface area contributed by atoms with Crippen molar-refractivity contribution < 1.29 is 23.1 Å². The van der Waals surface area contributed by atoms with Gasteiger partial charge in [-0.1, -0.05) is 83.7 Å². The van der Waals surface area contributed by atoms with Crippen molar-refractivity contribution in [1.29, 1.82) is 0 Å². The van der Waals surface area contributed by atoms with Gasteiger partial charge in [0.05, 0.1) is 60.8 Å². The van der Waals surface area contributed by atoms with Crippen molar-refractivity contribution in [3.8, 4) is 11.1 Å². The lowest BCUT2D eigenvalue weighted by atomic mass is 9.82. The molecule has 1 amide bonds. The number of imidazole rings is 2. The van der Waals surface area contributed by atoms with Crippen LogP contribution in [0.5, 0.6) is 0 Å². The quantitative estimate of drug-likeness (QED) is 0.0726. The van der Waals surface area contributed by atoms with Gasteiger partial charge in [-0.2, -0.15) is 8.78 Å². The average Bonchev–Trinajstić information content (AvgIpc) is 3.61. The summed E-state index contributed by atoms with van der Waals surface area (Å²) in [6, 6.07) is 10.3. The standard InChI is InChI=1S/C56H68F2N8O3/c1-9-49(67)64-51(33(2)3)36(6)66(32-55(7)19-20-55)31-48-60-30-47(61-48)40-25-34(4)50-41-17-15-38(27-42(41)56(57,58)43(50)28-40)39-16-18-44-45(29-39)63-54(62-44)46(59-8)26-35(5)53(68)52(37-13-11-10-12-14-37)65-21-23-69-24-22-65/h10-11,13,15-18,26-30,33-34,46,51-52,59H,6,9,12,14,19-25,31-32H2,1-5,7-8H3,(H,60,61)(H,62,63)(H,64,67)/b35-26+/t34?,46-,51?,52?/m0/s1. The van der Waals surface area contributed by atoms with Crippen molar-refractivity contribution in [3.63, 3.8) is 0 Å². The van der Waals surface area contributed by atoms with E-state index in [9.17, 15) is 9.59 Å². The van der Waals surface area contributed by atoms with E-state index in [0.29, 0.717) is 73.8 Å². The van der Waals surface area contributed by atoms with E-state index >= 15 is 8.78 Å². The molecule has 0 bridgehead atoms. The molecule has 4 N–H and O–H groups in total. The van der Waals surface area contributed by atoms with E-state index in [1.54, 1.807) is 18.3 Å². The average molecular weight is 939 g/mol. The summed E-state index contributed by atoms with van der Waals surface area (Å²) in [5.74, 6) is -1.77. The highest BCUT2D eigenvalue weighted by atomic mass is 19.3. The minimum absolute atomic E-state index is 0.0126. The van der Waals surface area contributed by atoms with Crippen molar-refractivity contribution >= 4 is 33.9 Å². The van der Waals surface area contributed by atoms with Crippen molar-refractivity contribution in [2.45, 2.75) is 111 Å². The Labute approximate surface area is 405 Å². The number of nitrogens with zero attached hydrogens (tertiary/aromatic N) is 4. The molecule has 11 nitrogen and oxygen atoms in total. The molecule has 1 aliphatic heterocycles. The molecule has 4 aromatic rings. The molecular weight excluding hydrogens is 871 g/mol. The minimum atomic E-state index is -3.20. The van der Waals surface area contributed by atoms with Gasteiger partial charge in [-0.15, -0.1) is 0 Å². The second-order valence-corrected chi connectivity index (χ2v) is 20.6. The second kappa shape index (κ2) is 19.6. The number of rotatable bonds is 18. The number of ketones is 1. The number of carbonyl (C=O) groups is 2. The van der Waals surface area contributed by atoms with Gasteiger partial charge >= 0.3 is 0 Å². The van der Waals surface area contributed by atoms with Gasteiger partial charge in [0, 0.05) is 42.9 Å². The molecule has 4 aliphatic carbocycles. The van der Waals surface area contributed by atoms with Crippen LogP contribution >= 0.6 is 0 Å². The Morgan fingerprint density at radius 2 is 1.86 bits per heavy atom. The number of hydrogen-bond acceptors (Lipinski definition) is 8. The molecule has 1 saturated carbocycles. The number of H-pyrrole nitrogens is 2. The van der Waals surface area contributed by atoms with Gasteiger partial charge in [-0.25, -0.2) is 9.97 Å². The summed E-state index contributed by atoms with van der Waals surface area (Å²) in [6.45, 7) is 20.6. The Bertz CT molecular complexity index is 2800. The van der Waals surface area contributed by atoms with Gasteiger partial charge in [0.2, 0.25) is 5.91 Å². The van der Waals surface area contributed by atoms with Gasteiger partial charge in [0.15, 0.2) is 5.78 Å². The van der Waals surface area contributed by atoms with E-state index in [0.717, 1.165) is 77.2 Å². The van der Waals surface area contributed by atoms with Crippen LogP contribution in [0.4, 0.5) is 8.78 Å². The highest BCUT2D eigenvalue weighted by molar-refractivity contribution is 6.01. The molecular formula is C56H68F2N8O3. The fourth-order valence-corrected chi connectivity index (χ4v) is 10.7. The third-order valence-corrected chi connectivity index (χ3v) is 15.0. The summed E-state index contributed by atoms with van der Waals surface area (Å²) in [5.41, 5.74) is 8.67. The number of ether oxygens (including phenoxy) is 1. The number of amides is 1. The molecule has 2 aromatic carbocycles. The van der Waals surface area contributed by atoms with Crippen LogP contribution in [0.2, 0.25) is 0 Å². The molecule has 4 atom stereocenters. The van der Waals surface area contributed by atoms with Gasteiger partial charge in [0.1, 0.15) is 11.6 Å². The number of fused-ring (bicyclic) bond motifs is 3. The van der Waals surface area contributed by atoms with Crippen LogP contribution in [0, 0.1) is 17.3 Å². The summed E-state index contributed by atoms with van der Waals surface area (Å²) in [4.78, 5) is 47.8. The van der Waals surface area contributed by atoms with E-state index in [-0.39, 0.29) is 58.2 Å². The molecule has 0 radical (unpaired) electrons. The molecule has 3 heterocycles. The maximum Gasteiger partial charge on any atom is 0.299 e. The number of nitrogens with one attached hydrogen (secondary N) is 4. The lowest BCUT2D eigenvalue weighted by molar-refractivity contribution is -0.122. The minimum Gasteiger partial charge on any atom is -0.379 e. The Morgan fingerprint density at radius 3 is 2.55 bits per heavy atom. The normalized spacial score (nSPS) is 21.1. The Kier molecular flexibility index (Phi) is 13.7. The SMILES string of the molecule is C=C(C(NC(=O)CC)C(C)C)N(Cc1ncc(C2=CC3=C(c4ccc(-c5ccc6nc([C@H](/C=C(\C)C(=O)C(C7=CC=CCC7)N7CCOCC7)NC)[nH]c6c5)cc4C3(F)F)C(C)C2)[nH]1)CC1(C)CC1. The van der Waals surface area contributed by atoms with Crippen LogP contribution in [-0.2, 0) is 26.8 Å². The number of aromatic amines is 2. The van der Waals surface area contributed by atoms with E-state index < -0.39 is 5.92 Å². The Morgan fingerprint density at radius 1 is 1.10 bits per heavy atom. The zero-order valence-electron chi connectivity index (χ0n) is 41.3. The molecule has 9 rings (SSSR count). The van der Waals surface area contributed by atoms with Crippen molar-refractivity contribution in [2.75, 3.05) is 39.9 Å². The zero-order chi connectivity index (χ0) is 48.8. The molecule has 1 saturated heterocycles. The van der Waals surface area contributed by atoms with E-state index in [4.69, 9.17) is 14.7 Å². The van der Waals surface area contributed by atoms with Crippen molar-refractivity contribution in [2.24, 2.45) is 17.3 Å². The number of aromatic nitrogens is 4. The fourth-order valence-electron chi connectivity index (χ4n) is 10.7. The van der Waals surface area contributed by atoms with Gasteiger partial charge in [0.25, 0.3) is 5.92 Å². The number of carbonyl (C=O) groups excluding carboxylic acids is 2. The first-order chi connectivity index (χ1) is 33.1. The number of hydrogen-bond donors (Lipinski definition) is 4. The number of Topliss-reactive ketones (excluding diaryl/α,β-unsaturated/α-hetero) is 1. The van der Waals surface area contributed by atoms with Crippen molar-refractivity contribution in [3.05, 3.63) is 130 Å². The number of halogens is 2. The smallest absolute Gasteiger partial charge is 0.299 e. The predicted molar refractivity (Wildman–Crippen MR) is 270 cm³/mol. The third-order valence-electron chi connectivity index (χ3n) is 15.0. The van der Waals surface area contributed by atoms with E-state index in [2.05, 4.69) is 69.9 Å². The molecule has 2 fully saturated rings. The van der Waals surface area contributed by atoms with Crippen molar-refractivity contribution in [1.82, 2.24) is 40.4 Å². The number of morpholine rings is 1. The zero-order valence-corrected chi connectivity index (χ0v) is 41.3. The second-order valence-electron chi connectivity index (χ2n) is 20.6. The number of likely N-dealkylation sites (N-methyl/N-ethyl adjacent to an activating group) is 1. The molecule has 13 heteroatoms. The first kappa shape index (κ1) is 48.3. The molecule has 3 unspecified atom stereocenters. The summed E-state index contributed by atoms with van der Waals surface area (Å²) < 4.78 is 39.4. The highest BCUT2D eigenvalue weighted by Crippen LogP contribution is 2.56. The first-order valence-electron chi connectivity index (χ1n) is 24.9. The van der Waals surface area contributed by atoms with E-state index in [1.807, 2.05) is 70.3 Å². The molecule has 5 aliphatic rings. The molecule has 2 aromatic heterocycles. The number of alkyl halides is 2. The maximum atomic E-state index is 16.9. The first-order valence-corrected chi connectivity index (χ1v) is 24.9. The Balaban J connectivity index is 0.931. The van der Waals surface area contributed by atoms with Gasteiger partial charge < -0.3 is 30.2 Å². The maximum absolute atomic E-state index is 16.9. The third kappa shape index (κ3) is 9.87. The van der Waals surface area contributed by atoms with E-state index in [1.165, 1.54) is 0 Å². The monoisotopic (exact) mass is 939 g/mol. The lowest BCUT2D eigenvalue weighted by Crippen LogP contribution is -2.48. The topological polar surface area (TPSA) is 131 Å². The summed E-state index contributed by atoms with van der Waals surface area (Å²) in [6.07, 6.45) is 16.7. The largest absolute Gasteiger partial charge is 0.379 e. The molecule has 364 valence electrons. The Hall–Kier alpha value is -5.76. The predicted octanol–water partition coefficient (Wildman–Crippen LogP) is 10.4. The van der Waals surface area contributed by atoms with Crippen LogP contribution in [0.15, 0.2) is 102 Å². The van der Waals surface area contributed by atoms with Gasteiger partial charge in [-0.05, 0) is 127 Å². The van der Waals surface area contributed by atoms with Crippen LogP contribution in [0.1, 0.15) is 115 Å². The summed E-state index contributed by atoms with van der Waals surface area (Å²) in [7, 11) is 1.85. The van der Waals surface area contributed by atoms with Crippen LogP contribution < -0.4 is 10.6 Å². The van der Waals surface area contributed by atoms with Gasteiger partial charge in [-0.3, -0.25) is 14.5 Å². The highest BCUT2D eigenvalue weighted by Gasteiger charge is 2.48. The summed E-state index contributed by atoms with van der Waals surface area (Å²) in [5, 5.41) is 6.50. The number of allylic oxidation sites excluding steroid dienone is 7. The molecule has 0 spiro atoms. The number of benzene rings is 2. The fraction of sp³-hybridized carbons (Fsp3) is 0.464.